The fraction of sp³-hybridized carbons (Fsp3) is 1.00. The Kier molecular flexibility index (Phi) is 3.52. The summed E-state index contributed by atoms with van der Waals surface area (Å²) < 4.78 is 5.24. The molecule has 0 heterocycles. The van der Waals surface area contributed by atoms with E-state index in [-0.39, 0.29) is 18.1 Å². The average molecular weight is 163 g/mol. The van der Waals surface area contributed by atoms with Crippen molar-refractivity contribution in [3.05, 3.63) is 10.1 Å². The predicted molar refractivity (Wildman–Crippen MR) is 41.2 cm³/mol. The lowest BCUT2D eigenvalue weighted by atomic mass is 10.7. The molecular formula is C5H13NO3Si. The first kappa shape index (κ1) is 9.58. The lowest BCUT2D eigenvalue weighted by Crippen LogP contribution is -2.28. The van der Waals surface area contributed by atoms with Crippen molar-refractivity contribution in [3.63, 3.8) is 0 Å². The Morgan fingerprint density at radius 1 is 1.50 bits per heavy atom. The second-order valence-electron chi connectivity index (χ2n) is 3.02. The van der Waals surface area contributed by atoms with Crippen LogP contribution in [-0.4, -0.2) is 26.4 Å². The van der Waals surface area contributed by atoms with E-state index < -0.39 is 8.32 Å². The molecule has 4 nitrogen and oxygen atoms in total. The van der Waals surface area contributed by atoms with E-state index >= 15 is 0 Å². The van der Waals surface area contributed by atoms with Crippen molar-refractivity contribution in [1.29, 1.82) is 0 Å². The maximum Gasteiger partial charge on any atom is 0.225 e. The monoisotopic (exact) mass is 163 g/mol. The first-order valence-corrected chi connectivity index (χ1v) is 6.58. The van der Waals surface area contributed by atoms with Gasteiger partial charge in [0.2, 0.25) is 6.54 Å². The molecule has 0 aliphatic carbocycles. The smallest absolute Gasteiger partial charge is 0.225 e. The third-order valence-electron chi connectivity index (χ3n) is 0.809. The van der Waals surface area contributed by atoms with Gasteiger partial charge >= 0.3 is 0 Å². The van der Waals surface area contributed by atoms with Gasteiger partial charge in [-0.2, -0.15) is 0 Å². The molecule has 0 saturated carbocycles. The van der Waals surface area contributed by atoms with E-state index in [1.54, 1.807) is 0 Å². The molecule has 0 aliphatic heterocycles. The summed E-state index contributed by atoms with van der Waals surface area (Å²) in [6, 6.07) is 0. The summed E-state index contributed by atoms with van der Waals surface area (Å²) in [7, 11) is -1.53. The van der Waals surface area contributed by atoms with Gasteiger partial charge in [-0.15, -0.1) is 0 Å². The zero-order valence-electron chi connectivity index (χ0n) is 6.59. The van der Waals surface area contributed by atoms with Crippen LogP contribution in [-0.2, 0) is 4.43 Å². The molecule has 0 atom stereocenters. The fourth-order valence-electron chi connectivity index (χ4n) is 0.426. The summed E-state index contributed by atoms with van der Waals surface area (Å²) in [4.78, 5) is 9.47. The molecule has 0 aromatic carbocycles. The van der Waals surface area contributed by atoms with E-state index in [0.717, 1.165) is 0 Å². The highest BCUT2D eigenvalue weighted by Crippen LogP contribution is 2.00. The number of hydrogen-bond donors (Lipinski definition) is 0. The summed E-state index contributed by atoms with van der Waals surface area (Å²) in [5.74, 6) is 0. The van der Waals surface area contributed by atoms with Crippen molar-refractivity contribution < 1.29 is 9.35 Å². The Balaban J connectivity index is 3.29. The second kappa shape index (κ2) is 3.67. The summed E-state index contributed by atoms with van der Waals surface area (Å²) in [5.41, 5.74) is 0. The van der Waals surface area contributed by atoms with Crippen molar-refractivity contribution in [3.8, 4) is 0 Å². The highest BCUT2D eigenvalue weighted by atomic mass is 28.4. The fourth-order valence-corrected chi connectivity index (χ4v) is 1.13. The van der Waals surface area contributed by atoms with Crippen LogP contribution >= 0.6 is 0 Å². The van der Waals surface area contributed by atoms with Crippen molar-refractivity contribution in [2.24, 2.45) is 0 Å². The van der Waals surface area contributed by atoms with Gasteiger partial charge in [0.25, 0.3) is 0 Å². The molecule has 0 aromatic rings. The van der Waals surface area contributed by atoms with Gasteiger partial charge in [0.1, 0.15) is 0 Å². The molecule has 0 rings (SSSR count). The van der Waals surface area contributed by atoms with Crippen LogP contribution in [0.3, 0.4) is 0 Å². The first-order valence-electron chi connectivity index (χ1n) is 3.17. The van der Waals surface area contributed by atoms with E-state index in [0.29, 0.717) is 0 Å². The maximum absolute atomic E-state index is 9.83. The quantitative estimate of drug-likeness (QED) is 0.354. The SMILES string of the molecule is C[Si](C)(C)OCC[N+](=O)[O-]. The van der Waals surface area contributed by atoms with Gasteiger partial charge < -0.3 is 4.43 Å². The molecule has 0 fully saturated rings. The van der Waals surface area contributed by atoms with E-state index in [9.17, 15) is 10.1 Å². The number of nitrogens with zero attached hydrogens (tertiary/aromatic N) is 1. The summed E-state index contributed by atoms with van der Waals surface area (Å²) in [5, 5.41) is 9.83. The molecule has 0 N–H and O–H groups in total. The minimum atomic E-state index is -1.53. The largest absolute Gasteiger partial charge is 0.411 e. The average Bonchev–Trinajstić information content (AvgIpc) is 1.59. The molecule has 0 unspecified atom stereocenters. The molecule has 0 aliphatic rings. The van der Waals surface area contributed by atoms with Crippen LogP contribution in [0.15, 0.2) is 0 Å². The van der Waals surface area contributed by atoms with Crippen LogP contribution < -0.4 is 0 Å². The zero-order valence-corrected chi connectivity index (χ0v) is 7.59. The molecule has 0 spiro atoms. The topological polar surface area (TPSA) is 52.4 Å². The molecule has 0 radical (unpaired) electrons. The van der Waals surface area contributed by atoms with Gasteiger partial charge in [-0.1, -0.05) is 0 Å². The minimum absolute atomic E-state index is 0.0791. The molecule has 60 valence electrons. The van der Waals surface area contributed by atoms with E-state index in [4.69, 9.17) is 4.43 Å². The van der Waals surface area contributed by atoms with E-state index in [1.807, 2.05) is 19.6 Å². The normalized spacial score (nSPS) is 11.5. The molecule has 0 saturated heterocycles. The third-order valence-corrected chi connectivity index (χ3v) is 1.88. The van der Waals surface area contributed by atoms with Crippen LogP contribution in [0.4, 0.5) is 0 Å². The number of rotatable bonds is 4. The van der Waals surface area contributed by atoms with Crippen molar-refractivity contribution >= 4 is 8.32 Å². The molecule has 0 amide bonds. The summed E-state index contributed by atoms with van der Waals surface area (Å²) in [6.45, 7) is 6.19. The molecule has 10 heavy (non-hydrogen) atoms. The van der Waals surface area contributed by atoms with Crippen LogP contribution in [0, 0.1) is 10.1 Å². The third kappa shape index (κ3) is 7.58. The van der Waals surface area contributed by atoms with Crippen LogP contribution in [0.1, 0.15) is 0 Å². The Bertz CT molecular complexity index is 121. The highest BCUT2D eigenvalue weighted by Gasteiger charge is 2.14. The van der Waals surface area contributed by atoms with Gasteiger partial charge in [-0.05, 0) is 19.6 Å². The van der Waals surface area contributed by atoms with Crippen LogP contribution in [0.5, 0.6) is 0 Å². The minimum Gasteiger partial charge on any atom is -0.411 e. The number of hydrogen-bond acceptors (Lipinski definition) is 3. The Labute approximate surface area is 61.5 Å². The summed E-state index contributed by atoms with van der Waals surface area (Å²) >= 11 is 0. The van der Waals surface area contributed by atoms with Crippen molar-refractivity contribution in [2.75, 3.05) is 13.2 Å². The molecule has 0 aromatic heterocycles. The Morgan fingerprint density at radius 3 is 2.30 bits per heavy atom. The second-order valence-corrected chi connectivity index (χ2v) is 7.53. The standard InChI is InChI=1S/C5H13NO3Si/c1-10(2,3)9-5-4-6(7)8/h4-5H2,1-3H3. The maximum atomic E-state index is 9.83. The number of nitro groups is 1. The van der Waals surface area contributed by atoms with Crippen molar-refractivity contribution in [2.45, 2.75) is 19.6 Å². The van der Waals surface area contributed by atoms with Gasteiger partial charge in [0, 0.05) is 4.92 Å². The predicted octanol–water partition coefficient (Wildman–Crippen LogP) is 1.11. The van der Waals surface area contributed by atoms with Gasteiger partial charge in [-0.3, -0.25) is 10.1 Å². The van der Waals surface area contributed by atoms with Gasteiger partial charge in [0.05, 0.1) is 6.61 Å². The summed E-state index contributed by atoms with van der Waals surface area (Å²) in [6.07, 6.45) is 0. The molecule has 0 bridgehead atoms. The lowest BCUT2D eigenvalue weighted by molar-refractivity contribution is -0.481. The lowest BCUT2D eigenvalue weighted by Gasteiger charge is -2.14. The zero-order chi connectivity index (χ0) is 8.20. The molecule has 5 heteroatoms. The highest BCUT2D eigenvalue weighted by molar-refractivity contribution is 6.69. The van der Waals surface area contributed by atoms with E-state index in [2.05, 4.69) is 0 Å². The van der Waals surface area contributed by atoms with E-state index in [1.165, 1.54) is 0 Å². The molecular weight excluding hydrogens is 150 g/mol. The first-order chi connectivity index (χ1) is 4.42. The Morgan fingerprint density at radius 2 is 2.00 bits per heavy atom. The Hall–Kier alpha value is -0.423. The van der Waals surface area contributed by atoms with Crippen molar-refractivity contribution in [1.82, 2.24) is 0 Å². The van der Waals surface area contributed by atoms with Crippen LogP contribution in [0.2, 0.25) is 19.6 Å². The van der Waals surface area contributed by atoms with Gasteiger partial charge in [-0.25, -0.2) is 0 Å². The van der Waals surface area contributed by atoms with Gasteiger partial charge in [0.15, 0.2) is 8.32 Å². The van der Waals surface area contributed by atoms with Crippen LogP contribution in [0.25, 0.3) is 0 Å².